The SMILES string of the molecule is C=C1C(=O)[C@]23C[C@H]1CC[C@H]2[C@]12CC[C@@H](O)C(C)(C)[C@H]1[C@H](O)[C@@]3(O)OC2. The molecule has 2 aliphatic heterocycles. The summed E-state index contributed by atoms with van der Waals surface area (Å²) in [4.78, 5) is 13.3. The third kappa shape index (κ3) is 1.44. The Kier molecular flexibility index (Phi) is 2.88. The standard InChI is InChI=1S/C20H28O5/c1-10-11-4-5-12-18-7-6-13(21)17(2,3)14(18)16(23)20(24,25-9-18)19(12,8-11)15(10)22/h11-14,16,21,23-24H,1,4-9H2,2-3H3/t11-,12+,13-,14-,16+,18-,19+,20-/m1/s1. The molecule has 0 amide bonds. The first kappa shape index (κ1) is 16.4. The van der Waals surface area contributed by atoms with Crippen LogP contribution in [0.4, 0.5) is 0 Å². The van der Waals surface area contributed by atoms with Gasteiger partial charge in [0.15, 0.2) is 5.78 Å². The molecule has 5 nitrogen and oxygen atoms in total. The van der Waals surface area contributed by atoms with Gasteiger partial charge in [0.05, 0.1) is 18.1 Å². The van der Waals surface area contributed by atoms with Crippen molar-refractivity contribution in [1.82, 2.24) is 0 Å². The highest BCUT2D eigenvalue weighted by Gasteiger charge is 2.83. The number of ether oxygens (including phenoxy) is 1. The molecule has 0 aromatic heterocycles. The third-order valence-electron chi connectivity index (χ3n) is 8.93. The predicted molar refractivity (Wildman–Crippen MR) is 89.3 cm³/mol. The maximum atomic E-state index is 13.3. The summed E-state index contributed by atoms with van der Waals surface area (Å²) in [5.74, 6) is -2.16. The molecular formula is C20H28O5. The first-order valence-corrected chi connectivity index (χ1v) is 9.59. The van der Waals surface area contributed by atoms with Crippen molar-refractivity contribution in [3.63, 3.8) is 0 Å². The molecule has 6 aliphatic rings. The number of ketones is 1. The quantitative estimate of drug-likeness (QED) is 0.576. The number of allylic oxidation sites excluding steroid dienone is 1. The maximum absolute atomic E-state index is 13.3. The van der Waals surface area contributed by atoms with E-state index in [0.717, 1.165) is 19.3 Å². The summed E-state index contributed by atoms with van der Waals surface area (Å²) in [6.07, 6.45) is 1.99. The van der Waals surface area contributed by atoms with Crippen LogP contribution in [0.3, 0.4) is 0 Å². The van der Waals surface area contributed by atoms with Crippen LogP contribution in [-0.4, -0.2) is 45.7 Å². The summed E-state index contributed by atoms with van der Waals surface area (Å²) in [5, 5.41) is 33.5. The van der Waals surface area contributed by atoms with Crippen LogP contribution in [0.2, 0.25) is 0 Å². The second kappa shape index (κ2) is 4.38. The van der Waals surface area contributed by atoms with Crippen molar-refractivity contribution in [2.45, 2.75) is 63.9 Å². The molecule has 6 rings (SSSR count). The van der Waals surface area contributed by atoms with Crippen LogP contribution in [0.5, 0.6) is 0 Å². The largest absolute Gasteiger partial charge is 0.393 e. The molecule has 0 aromatic rings. The van der Waals surface area contributed by atoms with Gasteiger partial charge in [-0.05, 0) is 54.9 Å². The Balaban J connectivity index is 1.75. The van der Waals surface area contributed by atoms with Crippen LogP contribution in [0.15, 0.2) is 12.2 Å². The Hall–Kier alpha value is -0.750. The van der Waals surface area contributed by atoms with E-state index in [4.69, 9.17) is 4.74 Å². The van der Waals surface area contributed by atoms with Crippen molar-refractivity contribution in [1.29, 1.82) is 0 Å². The fraction of sp³-hybridized carbons (Fsp3) is 0.850. The van der Waals surface area contributed by atoms with Gasteiger partial charge >= 0.3 is 0 Å². The molecule has 25 heavy (non-hydrogen) atoms. The molecule has 2 heterocycles. The average molecular weight is 348 g/mol. The van der Waals surface area contributed by atoms with Gasteiger partial charge in [-0.1, -0.05) is 20.4 Å². The zero-order valence-corrected chi connectivity index (χ0v) is 15.0. The Labute approximate surface area is 148 Å². The van der Waals surface area contributed by atoms with E-state index < -0.39 is 28.8 Å². The number of rotatable bonds is 0. The monoisotopic (exact) mass is 348 g/mol. The van der Waals surface area contributed by atoms with E-state index in [1.54, 1.807) is 0 Å². The smallest absolute Gasteiger partial charge is 0.205 e. The molecule has 8 atom stereocenters. The van der Waals surface area contributed by atoms with E-state index in [0.29, 0.717) is 25.0 Å². The molecule has 2 spiro atoms. The van der Waals surface area contributed by atoms with Crippen molar-refractivity contribution in [2.75, 3.05) is 6.61 Å². The molecule has 4 aliphatic carbocycles. The van der Waals surface area contributed by atoms with Crippen molar-refractivity contribution in [3.05, 3.63) is 12.2 Å². The number of fused-ring (bicyclic) bond motifs is 2. The zero-order valence-electron chi connectivity index (χ0n) is 15.0. The van der Waals surface area contributed by atoms with Gasteiger partial charge < -0.3 is 20.1 Å². The summed E-state index contributed by atoms with van der Waals surface area (Å²) in [6, 6.07) is 0. The lowest BCUT2D eigenvalue weighted by atomic mass is 9.36. The number of aliphatic hydroxyl groups excluding tert-OH is 2. The highest BCUT2D eigenvalue weighted by Crippen LogP contribution is 2.76. The highest BCUT2D eigenvalue weighted by atomic mass is 16.6. The van der Waals surface area contributed by atoms with Gasteiger partial charge in [0.2, 0.25) is 5.79 Å². The molecule has 4 saturated carbocycles. The molecule has 0 radical (unpaired) electrons. The highest BCUT2D eigenvalue weighted by molar-refractivity contribution is 6.04. The van der Waals surface area contributed by atoms with Gasteiger partial charge in [0.1, 0.15) is 6.10 Å². The Morgan fingerprint density at radius 2 is 1.92 bits per heavy atom. The van der Waals surface area contributed by atoms with Crippen LogP contribution in [0, 0.1) is 34.0 Å². The second-order valence-electron chi connectivity index (χ2n) is 9.87. The fourth-order valence-electron chi connectivity index (χ4n) is 7.81. The molecule has 3 N–H and O–H groups in total. The molecule has 0 unspecified atom stereocenters. The van der Waals surface area contributed by atoms with Crippen LogP contribution in [0.25, 0.3) is 0 Å². The Morgan fingerprint density at radius 3 is 2.64 bits per heavy atom. The number of hydrogen-bond acceptors (Lipinski definition) is 5. The molecular weight excluding hydrogens is 320 g/mol. The summed E-state index contributed by atoms with van der Waals surface area (Å²) in [7, 11) is 0. The zero-order chi connectivity index (χ0) is 18.0. The first-order chi connectivity index (χ1) is 11.6. The van der Waals surface area contributed by atoms with Gasteiger partial charge in [-0.2, -0.15) is 0 Å². The number of aliphatic hydroxyl groups is 3. The number of carbonyl (C=O) groups is 1. The number of Topliss-reactive ketones (excluding diaryl/α,β-unsaturated/α-hetero) is 1. The van der Waals surface area contributed by atoms with Gasteiger partial charge in [-0.3, -0.25) is 4.79 Å². The lowest BCUT2D eigenvalue weighted by molar-refractivity contribution is -0.442. The van der Waals surface area contributed by atoms with Crippen molar-refractivity contribution in [3.8, 4) is 0 Å². The van der Waals surface area contributed by atoms with E-state index in [9.17, 15) is 20.1 Å². The molecule has 4 bridgehead atoms. The molecule has 6 fully saturated rings. The van der Waals surface area contributed by atoms with Crippen molar-refractivity contribution >= 4 is 5.78 Å². The van der Waals surface area contributed by atoms with Crippen LogP contribution in [-0.2, 0) is 9.53 Å². The lowest BCUT2D eigenvalue weighted by Crippen LogP contribution is -2.82. The fourth-order valence-corrected chi connectivity index (χ4v) is 7.81. The van der Waals surface area contributed by atoms with Gasteiger partial charge in [0, 0.05) is 11.3 Å². The van der Waals surface area contributed by atoms with Crippen LogP contribution in [0.1, 0.15) is 46.0 Å². The topological polar surface area (TPSA) is 87.0 Å². The van der Waals surface area contributed by atoms with Gasteiger partial charge in [-0.25, -0.2) is 0 Å². The van der Waals surface area contributed by atoms with Crippen molar-refractivity contribution in [2.24, 2.45) is 34.0 Å². The Morgan fingerprint density at radius 1 is 1.20 bits per heavy atom. The first-order valence-electron chi connectivity index (χ1n) is 9.59. The maximum Gasteiger partial charge on any atom is 0.205 e. The van der Waals surface area contributed by atoms with Gasteiger partial charge in [-0.15, -0.1) is 0 Å². The summed E-state index contributed by atoms with van der Waals surface area (Å²) < 4.78 is 5.94. The van der Waals surface area contributed by atoms with E-state index >= 15 is 0 Å². The van der Waals surface area contributed by atoms with E-state index in [1.807, 2.05) is 13.8 Å². The van der Waals surface area contributed by atoms with E-state index in [2.05, 4.69) is 6.58 Å². The minimum atomic E-state index is -1.87. The summed E-state index contributed by atoms with van der Waals surface area (Å²) in [5.41, 5.74) is -1.36. The van der Waals surface area contributed by atoms with E-state index in [1.165, 1.54) is 0 Å². The second-order valence-corrected chi connectivity index (χ2v) is 9.87. The average Bonchev–Trinajstić information content (AvgIpc) is 2.76. The lowest BCUT2D eigenvalue weighted by Gasteiger charge is -2.73. The molecule has 138 valence electrons. The summed E-state index contributed by atoms with van der Waals surface area (Å²) >= 11 is 0. The van der Waals surface area contributed by atoms with Crippen LogP contribution < -0.4 is 0 Å². The van der Waals surface area contributed by atoms with Gasteiger partial charge in [0.25, 0.3) is 0 Å². The molecule has 5 heteroatoms. The van der Waals surface area contributed by atoms with Crippen LogP contribution >= 0.6 is 0 Å². The molecule has 2 saturated heterocycles. The number of carbonyl (C=O) groups excluding carboxylic acids is 1. The number of hydrogen-bond donors (Lipinski definition) is 3. The summed E-state index contributed by atoms with van der Waals surface area (Å²) in [6.45, 7) is 8.32. The third-order valence-corrected chi connectivity index (χ3v) is 8.93. The minimum Gasteiger partial charge on any atom is -0.393 e. The normalized spacial score (nSPS) is 58.8. The van der Waals surface area contributed by atoms with Crippen molar-refractivity contribution < 1.29 is 24.9 Å². The Bertz CT molecular complexity index is 682. The molecule has 0 aromatic carbocycles. The minimum absolute atomic E-state index is 0.0121. The van der Waals surface area contributed by atoms with E-state index in [-0.39, 0.29) is 29.0 Å². The predicted octanol–water partition coefficient (Wildman–Crippen LogP) is 1.40.